The second-order valence-electron chi connectivity index (χ2n) is 5.44. The number of benzene rings is 1. The summed E-state index contributed by atoms with van der Waals surface area (Å²) < 4.78 is 19.3. The zero-order valence-corrected chi connectivity index (χ0v) is 12.0. The number of amides is 1. The predicted molar refractivity (Wildman–Crippen MR) is 76.1 cm³/mol. The number of nitrogen functional groups attached to an aromatic ring is 1. The van der Waals surface area contributed by atoms with Crippen molar-refractivity contribution in [2.75, 3.05) is 32.5 Å². The molecule has 0 bridgehead atoms. The number of hydrogen-bond donors (Lipinski definition) is 1. The van der Waals surface area contributed by atoms with Gasteiger partial charge in [-0.2, -0.15) is 0 Å². The zero-order valence-electron chi connectivity index (χ0n) is 12.0. The molecule has 0 spiro atoms. The monoisotopic (exact) mass is 280 g/mol. The van der Waals surface area contributed by atoms with Crippen LogP contribution in [-0.2, 0) is 4.74 Å². The number of nitrogens with two attached hydrogens (primary N) is 1. The standard InChI is InChI=1S/C15H21FN2O2/c1-10-7-12(17)8-13(14(10)16)15(19)18(2)9-11-3-5-20-6-4-11/h7-8,11H,3-6,9,17H2,1-2H3. The molecule has 1 heterocycles. The molecule has 0 atom stereocenters. The third kappa shape index (κ3) is 3.28. The first-order valence-electron chi connectivity index (χ1n) is 6.88. The van der Waals surface area contributed by atoms with Gasteiger partial charge in [0.25, 0.3) is 5.91 Å². The van der Waals surface area contributed by atoms with Crippen LogP contribution in [0, 0.1) is 18.7 Å². The van der Waals surface area contributed by atoms with Crippen LogP contribution in [0.25, 0.3) is 0 Å². The maximum Gasteiger partial charge on any atom is 0.256 e. The van der Waals surface area contributed by atoms with Gasteiger partial charge in [-0.3, -0.25) is 4.79 Å². The number of aryl methyl sites for hydroxylation is 1. The number of ether oxygens (including phenoxy) is 1. The number of carbonyl (C=O) groups excluding carboxylic acids is 1. The van der Waals surface area contributed by atoms with Gasteiger partial charge in [0.05, 0.1) is 5.56 Å². The Balaban J connectivity index is 2.10. The van der Waals surface area contributed by atoms with Crippen LogP contribution >= 0.6 is 0 Å². The van der Waals surface area contributed by atoms with E-state index < -0.39 is 5.82 Å². The Hall–Kier alpha value is -1.62. The van der Waals surface area contributed by atoms with Crippen molar-refractivity contribution >= 4 is 11.6 Å². The topological polar surface area (TPSA) is 55.6 Å². The molecule has 1 aliphatic heterocycles. The van der Waals surface area contributed by atoms with E-state index in [4.69, 9.17) is 10.5 Å². The minimum atomic E-state index is -0.483. The summed E-state index contributed by atoms with van der Waals surface area (Å²) in [5, 5.41) is 0. The fraction of sp³-hybridized carbons (Fsp3) is 0.533. The van der Waals surface area contributed by atoms with E-state index in [-0.39, 0.29) is 11.5 Å². The number of hydrogen-bond acceptors (Lipinski definition) is 3. The number of nitrogens with zero attached hydrogens (tertiary/aromatic N) is 1. The molecule has 0 aliphatic carbocycles. The lowest BCUT2D eigenvalue weighted by Crippen LogP contribution is -2.34. The summed E-state index contributed by atoms with van der Waals surface area (Å²) in [5.41, 5.74) is 6.55. The van der Waals surface area contributed by atoms with Gasteiger partial charge in [0.2, 0.25) is 0 Å². The van der Waals surface area contributed by atoms with Crippen molar-refractivity contribution < 1.29 is 13.9 Å². The third-order valence-corrected chi connectivity index (χ3v) is 3.73. The SMILES string of the molecule is Cc1cc(N)cc(C(=O)N(C)CC2CCOCC2)c1F. The molecule has 1 aliphatic rings. The van der Waals surface area contributed by atoms with Crippen molar-refractivity contribution in [3.8, 4) is 0 Å². The van der Waals surface area contributed by atoms with Crippen LogP contribution in [0.5, 0.6) is 0 Å². The van der Waals surface area contributed by atoms with Gasteiger partial charge in [0.15, 0.2) is 0 Å². The number of halogens is 1. The van der Waals surface area contributed by atoms with E-state index in [1.54, 1.807) is 18.9 Å². The molecule has 1 aromatic rings. The van der Waals surface area contributed by atoms with Crippen molar-refractivity contribution in [2.24, 2.45) is 5.92 Å². The largest absolute Gasteiger partial charge is 0.399 e. The number of rotatable bonds is 3. The highest BCUT2D eigenvalue weighted by Crippen LogP contribution is 2.20. The minimum Gasteiger partial charge on any atom is -0.399 e. The lowest BCUT2D eigenvalue weighted by molar-refractivity contribution is 0.0495. The van der Waals surface area contributed by atoms with Gasteiger partial charge >= 0.3 is 0 Å². The summed E-state index contributed by atoms with van der Waals surface area (Å²) in [6.07, 6.45) is 1.88. The number of anilines is 1. The lowest BCUT2D eigenvalue weighted by atomic mass is 9.99. The minimum absolute atomic E-state index is 0.0528. The summed E-state index contributed by atoms with van der Waals surface area (Å²) in [7, 11) is 1.70. The van der Waals surface area contributed by atoms with Crippen molar-refractivity contribution in [3.63, 3.8) is 0 Å². The molecular weight excluding hydrogens is 259 g/mol. The van der Waals surface area contributed by atoms with Gasteiger partial charge in [-0.15, -0.1) is 0 Å². The van der Waals surface area contributed by atoms with Crippen LogP contribution in [0.3, 0.4) is 0 Å². The van der Waals surface area contributed by atoms with Crippen molar-refractivity contribution in [3.05, 3.63) is 29.1 Å². The maximum absolute atomic E-state index is 14.0. The molecule has 1 aromatic carbocycles. The molecule has 1 saturated heterocycles. The molecule has 2 rings (SSSR count). The van der Waals surface area contributed by atoms with E-state index in [1.165, 1.54) is 12.1 Å². The van der Waals surface area contributed by atoms with Crippen molar-refractivity contribution in [2.45, 2.75) is 19.8 Å². The van der Waals surface area contributed by atoms with E-state index >= 15 is 0 Å². The molecule has 1 fully saturated rings. The van der Waals surface area contributed by atoms with Crippen LogP contribution in [-0.4, -0.2) is 37.6 Å². The summed E-state index contributed by atoms with van der Waals surface area (Å²) in [4.78, 5) is 13.9. The van der Waals surface area contributed by atoms with Gasteiger partial charge in [0, 0.05) is 32.5 Å². The van der Waals surface area contributed by atoms with Crippen LogP contribution < -0.4 is 5.73 Å². The molecule has 20 heavy (non-hydrogen) atoms. The Kier molecular flexibility index (Phi) is 4.60. The molecule has 0 aromatic heterocycles. The molecule has 0 saturated carbocycles. The van der Waals surface area contributed by atoms with E-state index in [0.717, 1.165) is 26.1 Å². The quantitative estimate of drug-likeness (QED) is 0.864. The van der Waals surface area contributed by atoms with Crippen LogP contribution in [0.4, 0.5) is 10.1 Å². The zero-order chi connectivity index (χ0) is 14.7. The molecular formula is C15H21FN2O2. The maximum atomic E-state index is 14.0. The van der Waals surface area contributed by atoms with Crippen molar-refractivity contribution in [1.82, 2.24) is 4.90 Å². The third-order valence-electron chi connectivity index (χ3n) is 3.73. The van der Waals surface area contributed by atoms with Crippen LogP contribution in [0.2, 0.25) is 0 Å². The molecule has 1 amide bonds. The van der Waals surface area contributed by atoms with Crippen LogP contribution in [0.15, 0.2) is 12.1 Å². The van der Waals surface area contributed by atoms with Gasteiger partial charge in [-0.05, 0) is 43.4 Å². The van der Waals surface area contributed by atoms with Crippen molar-refractivity contribution in [1.29, 1.82) is 0 Å². The Morgan fingerprint density at radius 1 is 1.45 bits per heavy atom. The summed E-state index contributed by atoms with van der Waals surface area (Å²) >= 11 is 0. The first-order valence-corrected chi connectivity index (χ1v) is 6.88. The highest BCUT2D eigenvalue weighted by Gasteiger charge is 2.22. The highest BCUT2D eigenvalue weighted by atomic mass is 19.1. The van der Waals surface area contributed by atoms with Gasteiger partial charge < -0.3 is 15.4 Å². The lowest BCUT2D eigenvalue weighted by Gasteiger charge is -2.27. The van der Waals surface area contributed by atoms with Gasteiger partial charge in [0.1, 0.15) is 5.82 Å². The van der Waals surface area contributed by atoms with Gasteiger partial charge in [-0.1, -0.05) is 0 Å². The van der Waals surface area contributed by atoms with E-state index in [2.05, 4.69) is 0 Å². The molecule has 110 valence electrons. The molecule has 4 nitrogen and oxygen atoms in total. The number of carbonyl (C=O) groups is 1. The Bertz CT molecular complexity index is 499. The average molecular weight is 280 g/mol. The molecule has 5 heteroatoms. The Morgan fingerprint density at radius 2 is 2.10 bits per heavy atom. The molecule has 2 N–H and O–H groups in total. The second kappa shape index (κ2) is 6.22. The summed E-state index contributed by atoms with van der Waals surface area (Å²) in [6, 6.07) is 2.94. The smallest absolute Gasteiger partial charge is 0.256 e. The predicted octanol–water partition coefficient (Wildman–Crippen LogP) is 2.21. The summed E-state index contributed by atoms with van der Waals surface area (Å²) in [5.74, 6) is -0.379. The first-order chi connectivity index (χ1) is 9.49. The van der Waals surface area contributed by atoms with E-state index in [0.29, 0.717) is 23.7 Å². The molecule has 0 unspecified atom stereocenters. The van der Waals surface area contributed by atoms with E-state index in [9.17, 15) is 9.18 Å². The summed E-state index contributed by atoms with van der Waals surface area (Å²) in [6.45, 7) is 3.70. The van der Waals surface area contributed by atoms with E-state index in [1.807, 2.05) is 0 Å². The average Bonchev–Trinajstić information content (AvgIpc) is 2.43. The second-order valence-corrected chi connectivity index (χ2v) is 5.44. The normalized spacial score (nSPS) is 16.1. The fourth-order valence-corrected chi connectivity index (χ4v) is 2.56. The Morgan fingerprint density at radius 3 is 2.75 bits per heavy atom. The van der Waals surface area contributed by atoms with Crippen LogP contribution in [0.1, 0.15) is 28.8 Å². The van der Waals surface area contributed by atoms with Gasteiger partial charge in [-0.25, -0.2) is 4.39 Å². The fourth-order valence-electron chi connectivity index (χ4n) is 2.56. The first kappa shape index (κ1) is 14.8. The highest BCUT2D eigenvalue weighted by molar-refractivity contribution is 5.95. The Labute approximate surface area is 118 Å². The molecule has 0 radical (unpaired) electrons.